The van der Waals surface area contributed by atoms with Gasteiger partial charge in [-0.25, -0.2) is 8.78 Å². The van der Waals surface area contributed by atoms with Gasteiger partial charge in [0.1, 0.15) is 12.1 Å². The number of esters is 1. The Morgan fingerprint density at radius 3 is 2.83 bits per heavy atom. The summed E-state index contributed by atoms with van der Waals surface area (Å²) in [7, 11) is 1.69. The van der Waals surface area contributed by atoms with Crippen molar-refractivity contribution in [2.45, 2.75) is 50.7 Å². The number of nitrogens with one attached hydrogen (secondary N) is 1. The first-order valence-electron chi connectivity index (χ1n) is 6.30. The third-order valence-corrected chi connectivity index (χ3v) is 3.31. The summed E-state index contributed by atoms with van der Waals surface area (Å²) in [5.41, 5.74) is -0.791. The van der Waals surface area contributed by atoms with E-state index in [1.54, 1.807) is 14.0 Å². The van der Waals surface area contributed by atoms with Gasteiger partial charge in [-0.2, -0.15) is 0 Å². The molecule has 0 aromatic rings. The number of carbonyl (C=O) groups excluding carboxylic acids is 1. The number of carbonyl (C=O) groups is 1. The summed E-state index contributed by atoms with van der Waals surface area (Å²) < 4.78 is 34.4. The molecular weight excluding hydrogens is 244 g/mol. The van der Waals surface area contributed by atoms with Gasteiger partial charge >= 0.3 is 5.97 Å². The molecule has 1 fully saturated rings. The molecule has 1 aliphatic carbocycles. The van der Waals surface area contributed by atoms with Gasteiger partial charge < -0.3 is 14.8 Å². The van der Waals surface area contributed by atoms with Gasteiger partial charge in [-0.15, -0.1) is 0 Å². The summed E-state index contributed by atoms with van der Waals surface area (Å²) in [4.78, 5) is 11.9. The lowest BCUT2D eigenvalue weighted by Gasteiger charge is -2.38. The topological polar surface area (TPSA) is 47.6 Å². The van der Waals surface area contributed by atoms with Crippen LogP contribution in [0.5, 0.6) is 0 Å². The maximum atomic E-state index is 12.1. The predicted molar refractivity (Wildman–Crippen MR) is 62.6 cm³/mol. The minimum absolute atomic E-state index is 0.310. The normalized spacial score (nSPS) is 28.4. The van der Waals surface area contributed by atoms with E-state index < -0.39 is 18.6 Å². The van der Waals surface area contributed by atoms with Gasteiger partial charge in [0.2, 0.25) is 0 Å². The molecule has 0 amide bonds. The van der Waals surface area contributed by atoms with Gasteiger partial charge in [0.25, 0.3) is 6.43 Å². The quantitative estimate of drug-likeness (QED) is 0.743. The minimum atomic E-state index is -2.47. The second kappa shape index (κ2) is 6.99. The number of ether oxygens (including phenoxy) is 2. The van der Waals surface area contributed by atoms with Crippen molar-refractivity contribution < 1.29 is 23.0 Å². The van der Waals surface area contributed by atoms with Crippen LogP contribution in [-0.2, 0) is 14.3 Å². The molecule has 2 atom stereocenters. The summed E-state index contributed by atoms with van der Waals surface area (Å²) in [6, 6.07) is 0. The van der Waals surface area contributed by atoms with Crippen LogP contribution in [0.15, 0.2) is 0 Å². The lowest BCUT2D eigenvalue weighted by molar-refractivity contribution is -0.155. The highest BCUT2D eigenvalue weighted by molar-refractivity contribution is 5.81. The van der Waals surface area contributed by atoms with E-state index in [9.17, 15) is 13.6 Å². The van der Waals surface area contributed by atoms with E-state index in [0.717, 1.165) is 6.42 Å². The van der Waals surface area contributed by atoms with Crippen LogP contribution in [0.1, 0.15) is 32.6 Å². The monoisotopic (exact) mass is 265 g/mol. The lowest BCUT2D eigenvalue weighted by atomic mass is 9.80. The number of rotatable bonds is 6. The first kappa shape index (κ1) is 15.3. The fraction of sp³-hybridized carbons (Fsp3) is 0.917. The molecule has 0 aliphatic heterocycles. The second-order valence-electron chi connectivity index (χ2n) is 4.50. The van der Waals surface area contributed by atoms with E-state index in [-0.39, 0.29) is 12.1 Å². The van der Waals surface area contributed by atoms with Gasteiger partial charge in [0, 0.05) is 6.42 Å². The molecule has 0 radical (unpaired) electrons. The van der Waals surface area contributed by atoms with Crippen LogP contribution in [0.2, 0.25) is 0 Å². The average molecular weight is 265 g/mol. The summed E-state index contributed by atoms with van der Waals surface area (Å²) >= 11 is 0. The zero-order chi connectivity index (χ0) is 13.6. The Bertz CT molecular complexity index is 276. The molecule has 0 saturated heterocycles. The van der Waals surface area contributed by atoms with Crippen molar-refractivity contribution >= 4 is 5.97 Å². The fourth-order valence-corrected chi connectivity index (χ4v) is 2.36. The highest BCUT2D eigenvalue weighted by Gasteiger charge is 2.43. The van der Waals surface area contributed by atoms with Crippen molar-refractivity contribution in [1.29, 1.82) is 0 Å². The van der Waals surface area contributed by atoms with E-state index in [0.29, 0.717) is 25.9 Å². The molecule has 0 bridgehead atoms. The van der Waals surface area contributed by atoms with Crippen LogP contribution >= 0.6 is 0 Å². The zero-order valence-electron chi connectivity index (χ0n) is 10.9. The van der Waals surface area contributed by atoms with E-state index in [1.165, 1.54) is 0 Å². The minimum Gasteiger partial charge on any atom is -0.465 e. The molecular formula is C12H21F2NO3. The van der Waals surface area contributed by atoms with Crippen LogP contribution in [-0.4, -0.2) is 44.3 Å². The van der Waals surface area contributed by atoms with Crippen LogP contribution in [0.4, 0.5) is 8.78 Å². The van der Waals surface area contributed by atoms with Gasteiger partial charge in [-0.1, -0.05) is 0 Å². The summed E-state index contributed by atoms with van der Waals surface area (Å²) in [6.45, 7) is 1.48. The standard InChI is InChI=1S/C12H21F2NO3/c1-3-17-11(16)12(15-2)6-4-5-9(7-12)18-8-10(13)14/h9-10,15H,3-8H2,1-2H3. The summed E-state index contributed by atoms with van der Waals surface area (Å²) in [5.74, 6) is -0.321. The molecule has 0 heterocycles. The highest BCUT2D eigenvalue weighted by Crippen LogP contribution is 2.31. The van der Waals surface area contributed by atoms with E-state index >= 15 is 0 Å². The molecule has 106 valence electrons. The zero-order valence-corrected chi connectivity index (χ0v) is 10.9. The largest absolute Gasteiger partial charge is 0.465 e. The van der Waals surface area contributed by atoms with E-state index in [1.807, 2.05) is 0 Å². The Balaban J connectivity index is 2.60. The van der Waals surface area contributed by atoms with Crippen LogP contribution in [0, 0.1) is 0 Å². The van der Waals surface area contributed by atoms with Crippen molar-refractivity contribution in [2.75, 3.05) is 20.3 Å². The van der Waals surface area contributed by atoms with Gasteiger partial charge in [-0.3, -0.25) is 4.79 Å². The molecule has 2 unspecified atom stereocenters. The molecule has 1 N–H and O–H groups in total. The SMILES string of the molecule is CCOC(=O)C1(NC)CCCC(OCC(F)F)C1. The van der Waals surface area contributed by atoms with Crippen molar-refractivity contribution in [3.05, 3.63) is 0 Å². The lowest BCUT2D eigenvalue weighted by Crippen LogP contribution is -2.55. The summed E-state index contributed by atoms with van der Waals surface area (Å²) in [5, 5.41) is 2.98. The summed E-state index contributed by atoms with van der Waals surface area (Å²) in [6.07, 6.45) is -0.294. The molecule has 1 rings (SSSR count). The first-order chi connectivity index (χ1) is 8.54. The number of likely N-dealkylation sites (N-methyl/N-ethyl adjacent to an activating group) is 1. The molecule has 0 spiro atoms. The molecule has 1 aliphatic rings. The van der Waals surface area contributed by atoms with E-state index in [4.69, 9.17) is 9.47 Å². The third-order valence-electron chi connectivity index (χ3n) is 3.31. The first-order valence-corrected chi connectivity index (χ1v) is 6.30. The molecule has 0 aromatic heterocycles. The Morgan fingerprint density at radius 2 is 2.28 bits per heavy atom. The molecule has 6 heteroatoms. The van der Waals surface area contributed by atoms with Gasteiger partial charge in [0.15, 0.2) is 0 Å². The van der Waals surface area contributed by atoms with Crippen molar-refractivity contribution in [3.8, 4) is 0 Å². The maximum absolute atomic E-state index is 12.1. The van der Waals surface area contributed by atoms with Crippen molar-refractivity contribution in [2.24, 2.45) is 0 Å². The smallest absolute Gasteiger partial charge is 0.326 e. The molecule has 0 aromatic carbocycles. The predicted octanol–water partition coefficient (Wildman–Crippen LogP) is 1.73. The number of hydrogen-bond acceptors (Lipinski definition) is 4. The molecule has 1 saturated carbocycles. The highest BCUT2D eigenvalue weighted by atomic mass is 19.3. The van der Waals surface area contributed by atoms with Crippen molar-refractivity contribution in [1.82, 2.24) is 5.32 Å². The van der Waals surface area contributed by atoms with Crippen molar-refractivity contribution in [3.63, 3.8) is 0 Å². The number of alkyl halides is 2. The fourth-order valence-electron chi connectivity index (χ4n) is 2.36. The van der Waals surface area contributed by atoms with Gasteiger partial charge in [-0.05, 0) is 33.2 Å². The van der Waals surface area contributed by atoms with Crippen LogP contribution in [0.3, 0.4) is 0 Å². The van der Waals surface area contributed by atoms with Crippen LogP contribution in [0.25, 0.3) is 0 Å². The molecule has 4 nitrogen and oxygen atoms in total. The van der Waals surface area contributed by atoms with Gasteiger partial charge in [0.05, 0.1) is 12.7 Å². The average Bonchev–Trinajstić information content (AvgIpc) is 2.36. The Morgan fingerprint density at radius 1 is 1.56 bits per heavy atom. The molecule has 18 heavy (non-hydrogen) atoms. The Labute approximate surface area is 106 Å². The Hall–Kier alpha value is -0.750. The third kappa shape index (κ3) is 3.88. The van der Waals surface area contributed by atoms with Crippen LogP contribution < -0.4 is 5.32 Å². The number of hydrogen-bond donors (Lipinski definition) is 1. The van der Waals surface area contributed by atoms with E-state index in [2.05, 4.69) is 5.32 Å². The maximum Gasteiger partial charge on any atom is 0.326 e. The Kier molecular flexibility index (Phi) is 5.95. The number of halogens is 2. The second-order valence-corrected chi connectivity index (χ2v) is 4.50.